The summed E-state index contributed by atoms with van der Waals surface area (Å²) in [4.78, 5) is 8.66. The van der Waals surface area contributed by atoms with Gasteiger partial charge in [0.15, 0.2) is 0 Å². The minimum Gasteiger partial charge on any atom is -0.264 e. The Bertz CT molecular complexity index is 1100. The molecule has 0 amide bonds. The molecule has 0 aliphatic rings. The smallest absolute Gasteiger partial charge is 0.133 e. The number of hydrogen-bond donors (Lipinski definition) is 0. The number of pyridine rings is 2. The maximum absolute atomic E-state index is 14.7. The second-order valence-corrected chi connectivity index (χ2v) is 6.80. The summed E-state index contributed by atoms with van der Waals surface area (Å²) in [7, 11) is 0. The number of aromatic nitrogens is 2. The van der Waals surface area contributed by atoms with Crippen LogP contribution in [-0.4, -0.2) is 9.97 Å². The number of nitrogens with zero attached hydrogens (tertiary/aromatic N) is 2. The lowest BCUT2D eigenvalue weighted by Crippen LogP contribution is -1.94. The molecule has 0 bridgehead atoms. The van der Waals surface area contributed by atoms with E-state index in [1.807, 2.05) is 18.3 Å². The van der Waals surface area contributed by atoms with Gasteiger partial charge >= 0.3 is 0 Å². The van der Waals surface area contributed by atoms with Crippen LogP contribution in [0.2, 0.25) is 0 Å². The Morgan fingerprint density at radius 2 is 1.72 bits per heavy atom. The fourth-order valence-electron chi connectivity index (χ4n) is 3.41. The van der Waals surface area contributed by atoms with E-state index in [0.29, 0.717) is 5.39 Å². The molecule has 4 aromatic rings. The van der Waals surface area contributed by atoms with E-state index in [-0.39, 0.29) is 11.7 Å². The molecule has 0 atom stereocenters. The molecular formula is C22H19FN2. The van der Waals surface area contributed by atoms with E-state index in [1.54, 1.807) is 18.5 Å². The van der Waals surface area contributed by atoms with Gasteiger partial charge in [0.1, 0.15) is 5.82 Å². The van der Waals surface area contributed by atoms with Crippen molar-refractivity contribution < 1.29 is 4.39 Å². The van der Waals surface area contributed by atoms with Crippen molar-refractivity contribution in [3.8, 4) is 11.1 Å². The van der Waals surface area contributed by atoms with E-state index >= 15 is 0 Å². The first-order chi connectivity index (χ1) is 12.0. The topological polar surface area (TPSA) is 25.8 Å². The molecule has 2 aromatic carbocycles. The van der Waals surface area contributed by atoms with Crippen molar-refractivity contribution in [3.05, 3.63) is 71.9 Å². The van der Waals surface area contributed by atoms with Crippen LogP contribution in [0.5, 0.6) is 0 Å². The minimum absolute atomic E-state index is 0.235. The monoisotopic (exact) mass is 330 g/mol. The van der Waals surface area contributed by atoms with Crippen LogP contribution in [0.1, 0.15) is 30.9 Å². The lowest BCUT2D eigenvalue weighted by molar-refractivity contribution is 0.639. The summed E-state index contributed by atoms with van der Waals surface area (Å²) < 4.78 is 14.7. The quantitative estimate of drug-likeness (QED) is 0.449. The summed E-state index contributed by atoms with van der Waals surface area (Å²) in [5.74, 6) is 0.0483. The molecule has 124 valence electrons. The Kier molecular flexibility index (Phi) is 3.72. The third-order valence-corrected chi connectivity index (χ3v) is 4.74. The number of rotatable bonds is 2. The minimum atomic E-state index is -0.235. The van der Waals surface area contributed by atoms with Crippen molar-refractivity contribution in [3.63, 3.8) is 0 Å². The predicted molar refractivity (Wildman–Crippen MR) is 101 cm³/mol. The molecule has 25 heavy (non-hydrogen) atoms. The maximum Gasteiger partial charge on any atom is 0.133 e. The van der Waals surface area contributed by atoms with E-state index in [2.05, 4.69) is 48.9 Å². The van der Waals surface area contributed by atoms with Crippen LogP contribution in [0.15, 0.2) is 55.0 Å². The first-order valence-corrected chi connectivity index (χ1v) is 8.47. The Balaban J connectivity index is 2.00. The Morgan fingerprint density at radius 1 is 0.920 bits per heavy atom. The number of aryl methyl sites for hydroxylation is 1. The van der Waals surface area contributed by atoms with Crippen LogP contribution >= 0.6 is 0 Å². The molecule has 2 nitrogen and oxygen atoms in total. The van der Waals surface area contributed by atoms with Gasteiger partial charge in [0.05, 0.1) is 5.52 Å². The highest BCUT2D eigenvalue weighted by Gasteiger charge is 2.12. The summed E-state index contributed by atoms with van der Waals surface area (Å²) in [6.07, 6.45) is 5.23. The van der Waals surface area contributed by atoms with Crippen molar-refractivity contribution in [2.24, 2.45) is 0 Å². The van der Waals surface area contributed by atoms with Crippen molar-refractivity contribution in [2.45, 2.75) is 26.7 Å². The normalized spacial score (nSPS) is 11.6. The molecule has 2 heterocycles. The van der Waals surface area contributed by atoms with Crippen LogP contribution in [0, 0.1) is 12.7 Å². The molecule has 4 rings (SSSR count). The van der Waals surface area contributed by atoms with Gasteiger partial charge in [-0.3, -0.25) is 9.97 Å². The lowest BCUT2D eigenvalue weighted by atomic mass is 9.94. The van der Waals surface area contributed by atoms with Gasteiger partial charge in [-0.15, -0.1) is 0 Å². The summed E-state index contributed by atoms with van der Waals surface area (Å²) in [5, 5.41) is 2.63. The molecule has 0 aliphatic heterocycles. The largest absolute Gasteiger partial charge is 0.264 e. The van der Waals surface area contributed by atoms with Gasteiger partial charge in [0, 0.05) is 29.4 Å². The van der Waals surface area contributed by atoms with E-state index in [1.165, 1.54) is 0 Å². The van der Waals surface area contributed by atoms with Gasteiger partial charge in [0.2, 0.25) is 0 Å². The van der Waals surface area contributed by atoms with Crippen molar-refractivity contribution >= 4 is 21.7 Å². The number of halogens is 1. The molecule has 0 unspecified atom stereocenters. The third kappa shape index (κ3) is 2.66. The number of fused-ring (bicyclic) bond motifs is 2. The Labute approximate surface area is 146 Å². The van der Waals surface area contributed by atoms with Crippen LogP contribution in [0.4, 0.5) is 4.39 Å². The maximum atomic E-state index is 14.7. The Hall–Kier alpha value is -2.81. The predicted octanol–water partition coefficient (Wildman–Crippen LogP) is 6.02. The molecule has 0 radical (unpaired) electrons. The highest BCUT2D eigenvalue weighted by molar-refractivity contribution is 5.92. The SMILES string of the molecule is Cc1cc(-c2cc(F)c3cncc(C(C)C)c3c2)cc2ncccc12. The molecule has 3 heteroatoms. The van der Waals surface area contributed by atoms with Gasteiger partial charge in [0.25, 0.3) is 0 Å². The fraction of sp³-hybridized carbons (Fsp3) is 0.182. The lowest BCUT2D eigenvalue weighted by Gasteiger charge is -2.13. The average molecular weight is 330 g/mol. The summed E-state index contributed by atoms with van der Waals surface area (Å²) in [6, 6.07) is 11.8. The molecule has 0 N–H and O–H groups in total. The zero-order valence-electron chi connectivity index (χ0n) is 14.5. The molecule has 0 aliphatic carbocycles. The standard InChI is InChI=1S/C22H19FN2/c1-13(2)19-11-24-12-20-18(19)8-16(9-21(20)23)15-7-14(3)17-5-4-6-25-22(17)10-15/h4-13H,1-3H3. The van der Waals surface area contributed by atoms with Crippen molar-refractivity contribution in [1.29, 1.82) is 0 Å². The molecule has 0 saturated carbocycles. The molecule has 2 aromatic heterocycles. The number of benzene rings is 2. The van der Waals surface area contributed by atoms with Gasteiger partial charge in [-0.05, 0) is 64.7 Å². The zero-order valence-corrected chi connectivity index (χ0v) is 14.5. The first-order valence-electron chi connectivity index (χ1n) is 8.47. The highest BCUT2D eigenvalue weighted by Crippen LogP contribution is 2.33. The van der Waals surface area contributed by atoms with Crippen molar-refractivity contribution in [2.75, 3.05) is 0 Å². The van der Waals surface area contributed by atoms with Gasteiger partial charge in [-0.1, -0.05) is 26.0 Å². The van der Waals surface area contributed by atoms with Crippen molar-refractivity contribution in [1.82, 2.24) is 9.97 Å². The first kappa shape index (κ1) is 15.7. The molecule has 0 spiro atoms. The van der Waals surface area contributed by atoms with E-state index in [0.717, 1.165) is 38.5 Å². The van der Waals surface area contributed by atoms with Gasteiger partial charge < -0.3 is 0 Å². The summed E-state index contributed by atoms with van der Waals surface area (Å²) >= 11 is 0. The third-order valence-electron chi connectivity index (χ3n) is 4.74. The number of hydrogen-bond acceptors (Lipinski definition) is 2. The second kappa shape index (κ2) is 5.92. The van der Waals surface area contributed by atoms with E-state index in [9.17, 15) is 4.39 Å². The average Bonchev–Trinajstić information content (AvgIpc) is 2.61. The van der Waals surface area contributed by atoms with Gasteiger partial charge in [-0.2, -0.15) is 0 Å². The molecular weight excluding hydrogens is 311 g/mol. The van der Waals surface area contributed by atoms with Crippen LogP contribution in [-0.2, 0) is 0 Å². The molecule has 0 fully saturated rings. The fourth-order valence-corrected chi connectivity index (χ4v) is 3.41. The second-order valence-electron chi connectivity index (χ2n) is 6.80. The van der Waals surface area contributed by atoms with E-state index in [4.69, 9.17) is 0 Å². The van der Waals surface area contributed by atoms with Gasteiger partial charge in [-0.25, -0.2) is 4.39 Å². The van der Waals surface area contributed by atoms with Crippen LogP contribution in [0.25, 0.3) is 32.8 Å². The summed E-state index contributed by atoms with van der Waals surface area (Å²) in [6.45, 7) is 6.27. The Morgan fingerprint density at radius 3 is 2.52 bits per heavy atom. The highest BCUT2D eigenvalue weighted by atomic mass is 19.1. The summed E-state index contributed by atoms with van der Waals surface area (Å²) in [5.41, 5.74) is 4.98. The zero-order chi connectivity index (χ0) is 17.6. The van der Waals surface area contributed by atoms with E-state index < -0.39 is 0 Å². The molecule has 0 saturated heterocycles. The van der Waals surface area contributed by atoms with Crippen LogP contribution < -0.4 is 0 Å². The van der Waals surface area contributed by atoms with Crippen LogP contribution in [0.3, 0.4) is 0 Å².